The molecule has 29 heavy (non-hydrogen) atoms. The fourth-order valence-corrected chi connectivity index (χ4v) is 2.81. The molecule has 2 aromatic carbocycles. The largest absolute Gasteiger partial charge is 0.368 e. The van der Waals surface area contributed by atoms with Gasteiger partial charge >= 0.3 is 0 Å². The Morgan fingerprint density at radius 1 is 1.03 bits per heavy atom. The zero-order valence-electron chi connectivity index (χ0n) is 15.8. The molecule has 0 fully saturated rings. The van der Waals surface area contributed by atoms with Crippen LogP contribution in [0.1, 0.15) is 23.6 Å². The molecule has 2 atom stereocenters. The first-order chi connectivity index (χ1) is 13.8. The van der Waals surface area contributed by atoms with Crippen LogP contribution >= 0.6 is 0 Å². The number of nitrogens with two attached hydrogens (primary N) is 1. The third-order valence-corrected chi connectivity index (χ3v) is 4.20. The van der Waals surface area contributed by atoms with Crippen LogP contribution in [0.2, 0.25) is 0 Å². The summed E-state index contributed by atoms with van der Waals surface area (Å²) in [5.74, 6) is -2.18. The number of halogens is 1. The molecule has 0 saturated heterocycles. The van der Waals surface area contributed by atoms with Crippen LogP contribution in [-0.2, 0) is 27.2 Å². The molecule has 0 aliphatic carbocycles. The molecule has 7 nitrogen and oxygen atoms in total. The van der Waals surface area contributed by atoms with Gasteiger partial charge in [0.1, 0.15) is 17.9 Å². The lowest BCUT2D eigenvalue weighted by Gasteiger charge is -2.22. The molecule has 2 rings (SSSR count). The monoisotopic (exact) mass is 396 g/mol. The van der Waals surface area contributed by atoms with E-state index in [9.17, 15) is 18.8 Å². The van der Waals surface area contributed by atoms with Gasteiger partial charge in [-0.1, -0.05) is 24.3 Å². The predicted molar refractivity (Wildman–Crippen MR) is 104 cm³/mol. The van der Waals surface area contributed by atoms with E-state index < -0.39 is 35.6 Å². The van der Waals surface area contributed by atoms with Crippen molar-refractivity contribution in [3.8, 4) is 6.07 Å². The van der Waals surface area contributed by atoms with E-state index >= 15 is 0 Å². The van der Waals surface area contributed by atoms with Gasteiger partial charge in [0.25, 0.3) is 0 Å². The van der Waals surface area contributed by atoms with E-state index in [2.05, 4.69) is 10.6 Å². The summed E-state index contributed by atoms with van der Waals surface area (Å²) in [6.07, 6.45) is 0.209. The standard InChI is InChI=1S/C21H21FN4O3/c1-13(27)25-19(10-14-5-7-17(22)8-6-14)21(29)26-18(20(24)28)11-15-3-2-4-16(9-15)12-23/h2-9,18-19H,10-11H2,1H3,(H2,24,28)(H,25,27)(H,26,29)/t18-,19-/m0/s1. The lowest BCUT2D eigenvalue weighted by molar-refractivity contribution is -0.130. The van der Waals surface area contributed by atoms with Crippen molar-refractivity contribution in [1.82, 2.24) is 10.6 Å². The van der Waals surface area contributed by atoms with E-state index in [4.69, 9.17) is 11.0 Å². The number of nitrogens with one attached hydrogen (secondary N) is 2. The molecule has 0 unspecified atom stereocenters. The normalized spacial score (nSPS) is 12.3. The van der Waals surface area contributed by atoms with Crippen LogP contribution in [0.25, 0.3) is 0 Å². The third-order valence-electron chi connectivity index (χ3n) is 4.20. The highest BCUT2D eigenvalue weighted by Crippen LogP contribution is 2.09. The Labute approximate surface area is 167 Å². The molecular weight excluding hydrogens is 375 g/mol. The van der Waals surface area contributed by atoms with Crippen molar-refractivity contribution in [3.05, 3.63) is 71.0 Å². The Balaban J connectivity index is 2.14. The molecule has 4 N–H and O–H groups in total. The maximum Gasteiger partial charge on any atom is 0.243 e. The van der Waals surface area contributed by atoms with Crippen LogP contribution in [0.5, 0.6) is 0 Å². The van der Waals surface area contributed by atoms with Crippen molar-refractivity contribution in [3.63, 3.8) is 0 Å². The summed E-state index contributed by atoms with van der Waals surface area (Å²) in [7, 11) is 0. The Kier molecular flexibility index (Phi) is 7.43. The molecule has 0 radical (unpaired) electrons. The molecule has 0 aliphatic heterocycles. The molecule has 3 amide bonds. The highest BCUT2D eigenvalue weighted by Gasteiger charge is 2.25. The molecule has 150 valence electrons. The summed E-state index contributed by atoms with van der Waals surface area (Å²) in [5, 5.41) is 14.1. The topological polar surface area (TPSA) is 125 Å². The van der Waals surface area contributed by atoms with Gasteiger partial charge in [0, 0.05) is 19.8 Å². The van der Waals surface area contributed by atoms with E-state index in [0.717, 1.165) is 0 Å². The van der Waals surface area contributed by atoms with Gasteiger partial charge in [0.2, 0.25) is 17.7 Å². The van der Waals surface area contributed by atoms with E-state index in [1.54, 1.807) is 24.3 Å². The molecule has 0 bridgehead atoms. The Hall–Kier alpha value is -3.73. The Bertz CT molecular complexity index is 938. The zero-order valence-corrected chi connectivity index (χ0v) is 15.8. The van der Waals surface area contributed by atoms with Crippen molar-refractivity contribution in [2.24, 2.45) is 5.73 Å². The quantitative estimate of drug-likeness (QED) is 0.614. The second-order valence-corrected chi connectivity index (χ2v) is 6.56. The minimum absolute atomic E-state index is 0.0972. The average molecular weight is 396 g/mol. The Morgan fingerprint density at radius 3 is 2.28 bits per heavy atom. The van der Waals surface area contributed by atoms with Crippen molar-refractivity contribution < 1.29 is 18.8 Å². The minimum atomic E-state index is -1.03. The van der Waals surface area contributed by atoms with Gasteiger partial charge in [0.05, 0.1) is 11.6 Å². The smallest absolute Gasteiger partial charge is 0.243 e. The summed E-state index contributed by atoms with van der Waals surface area (Å²) in [6.45, 7) is 1.27. The molecular formula is C21H21FN4O3. The van der Waals surface area contributed by atoms with Crippen molar-refractivity contribution in [1.29, 1.82) is 5.26 Å². The number of carbonyl (C=O) groups is 3. The SMILES string of the molecule is CC(=O)N[C@@H](Cc1ccc(F)cc1)C(=O)N[C@@H](Cc1cccc(C#N)c1)C(N)=O. The number of rotatable bonds is 8. The summed E-state index contributed by atoms with van der Waals surface area (Å²) < 4.78 is 13.1. The van der Waals surface area contributed by atoms with Crippen LogP contribution in [0.3, 0.4) is 0 Å². The van der Waals surface area contributed by atoms with Gasteiger partial charge in [-0.05, 0) is 35.4 Å². The average Bonchev–Trinajstić information content (AvgIpc) is 2.68. The summed E-state index contributed by atoms with van der Waals surface area (Å²) in [6, 6.07) is 12.2. The van der Waals surface area contributed by atoms with E-state index in [0.29, 0.717) is 16.7 Å². The lowest BCUT2D eigenvalue weighted by atomic mass is 10.0. The number of nitrogens with zero attached hydrogens (tertiary/aromatic N) is 1. The number of nitriles is 1. The minimum Gasteiger partial charge on any atom is -0.368 e. The predicted octanol–water partition coefficient (Wildman–Crippen LogP) is 0.957. The summed E-state index contributed by atoms with van der Waals surface area (Å²) in [4.78, 5) is 36.1. The number of hydrogen-bond acceptors (Lipinski definition) is 4. The van der Waals surface area contributed by atoms with Crippen molar-refractivity contribution in [2.75, 3.05) is 0 Å². The first-order valence-electron chi connectivity index (χ1n) is 8.88. The number of hydrogen-bond donors (Lipinski definition) is 3. The van der Waals surface area contributed by atoms with Gasteiger partial charge < -0.3 is 16.4 Å². The number of primary amides is 1. The lowest BCUT2D eigenvalue weighted by Crippen LogP contribution is -2.54. The molecule has 2 aromatic rings. The first kappa shape index (κ1) is 21.6. The van der Waals surface area contributed by atoms with Crippen LogP contribution in [0, 0.1) is 17.1 Å². The molecule has 0 aromatic heterocycles. The van der Waals surface area contributed by atoms with Crippen LogP contribution in [-0.4, -0.2) is 29.8 Å². The highest BCUT2D eigenvalue weighted by molar-refractivity contribution is 5.91. The van der Waals surface area contributed by atoms with E-state index in [1.807, 2.05) is 6.07 Å². The maximum absolute atomic E-state index is 13.1. The summed E-state index contributed by atoms with van der Waals surface area (Å²) in [5.41, 5.74) is 7.14. The van der Waals surface area contributed by atoms with Crippen LogP contribution in [0.15, 0.2) is 48.5 Å². The second kappa shape index (κ2) is 9.99. The van der Waals surface area contributed by atoms with E-state index in [1.165, 1.54) is 31.2 Å². The highest BCUT2D eigenvalue weighted by atomic mass is 19.1. The van der Waals surface area contributed by atoms with Crippen molar-refractivity contribution in [2.45, 2.75) is 31.8 Å². The van der Waals surface area contributed by atoms with Crippen LogP contribution < -0.4 is 16.4 Å². The second-order valence-electron chi connectivity index (χ2n) is 6.56. The fourth-order valence-electron chi connectivity index (χ4n) is 2.81. The molecule has 0 spiro atoms. The molecule has 0 aliphatic rings. The van der Waals surface area contributed by atoms with Gasteiger partial charge in [-0.3, -0.25) is 14.4 Å². The fraction of sp³-hybridized carbons (Fsp3) is 0.238. The molecule has 8 heteroatoms. The number of benzene rings is 2. The van der Waals surface area contributed by atoms with Gasteiger partial charge in [-0.15, -0.1) is 0 Å². The van der Waals surface area contributed by atoms with Gasteiger partial charge in [-0.25, -0.2) is 4.39 Å². The van der Waals surface area contributed by atoms with Crippen molar-refractivity contribution >= 4 is 17.7 Å². The first-order valence-corrected chi connectivity index (χ1v) is 8.88. The maximum atomic E-state index is 13.1. The Morgan fingerprint density at radius 2 is 1.69 bits per heavy atom. The number of amides is 3. The molecule has 0 heterocycles. The molecule has 0 saturated carbocycles. The van der Waals surface area contributed by atoms with Gasteiger partial charge in [-0.2, -0.15) is 5.26 Å². The number of carbonyl (C=O) groups excluding carboxylic acids is 3. The van der Waals surface area contributed by atoms with Crippen LogP contribution in [0.4, 0.5) is 4.39 Å². The van der Waals surface area contributed by atoms with Gasteiger partial charge in [0.15, 0.2) is 0 Å². The summed E-state index contributed by atoms with van der Waals surface area (Å²) >= 11 is 0. The third kappa shape index (κ3) is 6.74. The zero-order chi connectivity index (χ0) is 21.4. The van der Waals surface area contributed by atoms with E-state index in [-0.39, 0.29) is 12.8 Å².